The van der Waals surface area contributed by atoms with E-state index in [4.69, 9.17) is 5.73 Å². The minimum atomic E-state index is -0.333. The SMILES string of the molecule is Cc1cc(=O)[nH]c(Sc2c(F)cccc2CCN)n1. The maximum Gasteiger partial charge on any atom is 0.251 e. The minimum absolute atomic E-state index is 0.244. The zero-order valence-electron chi connectivity index (χ0n) is 10.4. The first kappa shape index (κ1) is 13.8. The molecule has 0 fully saturated rings. The Morgan fingerprint density at radius 3 is 2.95 bits per heavy atom. The summed E-state index contributed by atoms with van der Waals surface area (Å²) in [6.45, 7) is 2.16. The Kier molecular flexibility index (Phi) is 4.34. The van der Waals surface area contributed by atoms with Crippen molar-refractivity contribution in [1.29, 1.82) is 0 Å². The van der Waals surface area contributed by atoms with Crippen LogP contribution in [0.1, 0.15) is 11.3 Å². The Labute approximate surface area is 114 Å². The Balaban J connectivity index is 2.39. The van der Waals surface area contributed by atoms with Gasteiger partial charge in [0, 0.05) is 11.8 Å². The van der Waals surface area contributed by atoms with Gasteiger partial charge < -0.3 is 10.7 Å². The van der Waals surface area contributed by atoms with Gasteiger partial charge >= 0.3 is 0 Å². The molecule has 0 aliphatic heterocycles. The van der Waals surface area contributed by atoms with Crippen molar-refractivity contribution in [3.05, 3.63) is 51.7 Å². The number of nitrogens with two attached hydrogens (primary N) is 1. The lowest BCUT2D eigenvalue weighted by atomic mass is 10.1. The summed E-state index contributed by atoms with van der Waals surface area (Å²) in [4.78, 5) is 18.6. The fraction of sp³-hybridized carbons (Fsp3) is 0.231. The molecule has 6 heteroatoms. The molecule has 1 aromatic carbocycles. The Morgan fingerprint density at radius 2 is 2.26 bits per heavy atom. The Hall–Kier alpha value is -1.66. The van der Waals surface area contributed by atoms with E-state index in [1.54, 1.807) is 13.0 Å². The summed E-state index contributed by atoms with van der Waals surface area (Å²) in [7, 11) is 0. The Bertz CT molecular complexity index is 642. The molecule has 0 saturated heterocycles. The highest BCUT2D eigenvalue weighted by atomic mass is 32.2. The highest BCUT2D eigenvalue weighted by Gasteiger charge is 2.11. The number of hydrogen-bond acceptors (Lipinski definition) is 4. The molecule has 0 amide bonds. The number of aryl methyl sites for hydroxylation is 1. The molecule has 0 bridgehead atoms. The van der Waals surface area contributed by atoms with E-state index < -0.39 is 0 Å². The van der Waals surface area contributed by atoms with Crippen LogP contribution < -0.4 is 11.3 Å². The highest BCUT2D eigenvalue weighted by Crippen LogP contribution is 2.30. The zero-order valence-corrected chi connectivity index (χ0v) is 11.3. The van der Waals surface area contributed by atoms with E-state index in [0.29, 0.717) is 28.7 Å². The van der Waals surface area contributed by atoms with Gasteiger partial charge in [0.1, 0.15) is 5.82 Å². The molecule has 4 nitrogen and oxygen atoms in total. The molecule has 1 heterocycles. The molecule has 0 aliphatic rings. The van der Waals surface area contributed by atoms with E-state index in [0.717, 1.165) is 17.3 Å². The molecular weight excluding hydrogens is 265 g/mol. The summed E-state index contributed by atoms with van der Waals surface area (Å²) in [6.07, 6.45) is 0.580. The smallest absolute Gasteiger partial charge is 0.251 e. The minimum Gasteiger partial charge on any atom is -0.330 e. The van der Waals surface area contributed by atoms with E-state index in [1.807, 2.05) is 6.07 Å². The predicted octanol–water partition coefficient (Wildman–Crippen LogP) is 1.87. The second kappa shape index (κ2) is 5.99. The van der Waals surface area contributed by atoms with Gasteiger partial charge in [0.25, 0.3) is 5.56 Å². The van der Waals surface area contributed by atoms with Crippen LogP contribution in [-0.2, 0) is 6.42 Å². The van der Waals surface area contributed by atoms with Crippen molar-refractivity contribution in [2.75, 3.05) is 6.54 Å². The molecule has 0 spiro atoms. The summed E-state index contributed by atoms with van der Waals surface area (Å²) in [5.74, 6) is -0.333. The van der Waals surface area contributed by atoms with Gasteiger partial charge in [0.2, 0.25) is 0 Å². The van der Waals surface area contributed by atoms with E-state index in [2.05, 4.69) is 9.97 Å². The van der Waals surface area contributed by atoms with Gasteiger partial charge in [-0.05, 0) is 43.3 Å². The van der Waals surface area contributed by atoms with Crippen LogP contribution in [0.25, 0.3) is 0 Å². The number of H-pyrrole nitrogens is 1. The summed E-state index contributed by atoms with van der Waals surface area (Å²) < 4.78 is 13.9. The number of halogens is 1. The number of rotatable bonds is 4. The van der Waals surface area contributed by atoms with Crippen LogP contribution in [0.15, 0.2) is 39.1 Å². The monoisotopic (exact) mass is 279 g/mol. The molecule has 100 valence electrons. The first-order chi connectivity index (χ1) is 9.10. The normalized spacial score (nSPS) is 10.7. The molecule has 2 aromatic rings. The highest BCUT2D eigenvalue weighted by molar-refractivity contribution is 7.99. The maximum atomic E-state index is 13.9. The molecule has 0 atom stereocenters. The molecule has 3 N–H and O–H groups in total. The van der Waals surface area contributed by atoms with Crippen molar-refractivity contribution in [2.24, 2.45) is 5.73 Å². The van der Waals surface area contributed by atoms with Crippen molar-refractivity contribution in [1.82, 2.24) is 9.97 Å². The van der Waals surface area contributed by atoms with Gasteiger partial charge in [-0.2, -0.15) is 0 Å². The van der Waals surface area contributed by atoms with E-state index in [-0.39, 0.29) is 11.4 Å². The van der Waals surface area contributed by atoms with Crippen LogP contribution in [0.4, 0.5) is 4.39 Å². The van der Waals surface area contributed by atoms with Crippen molar-refractivity contribution in [3.8, 4) is 0 Å². The van der Waals surface area contributed by atoms with Gasteiger partial charge in [-0.3, -0.25) is 4.79 Å². The number of benzene rings is 1. The lowest BCUT2D eigenvalue weighted by Gasteiger charge is -2.09. The van der Waals surface area contributed by atoms with E-state index >= 15 is 0 Å². The van der Waals surface area contributed by atoms with Gasteiger partial charge in [0.15, 0.2) is 5.16 Å². The molecular formula is C13H14FN3OS. The van der Waals surface area contributed by atoms with Crippen LogP contribution in [0.3, 0.4) is 0 Å². The number of nitrogens with zero attached hydrogens (tertiary/aromatic N) is 1. The van der Waals surface area contributed by atoms with Crippen molar-refractivity contribution >= 4 is 11.8 Å². The van der Waals surface area contributed by atoms with Crippen molar-refractivity contribution in [3.63, 3.8) is 0 Å². The van der Waals surface area contributed by atoms with Gasteiger partial charge in [0.05, 0.1) is 4.90 Å². The fourth-order valence-electron chi connectivity index (χ4n) is 1.72. The third-order valence-electron chi connectivity index (χ3n) is 2.51. The molecule has 0 radical (unpaired) electrons. The third-order valence-corrected chi connectivity index (χ3v) is 3.56. The van der Waals surface area contributed by atoms with Crippen LogP contribution in [0.5, 0.6) is 0 Å². The number of nitrogens with one attached hydrogen (secondary N) is 1. The third kappa shape index (κ3) is 3.42. The van der Waals surface area contributed by atoms with Crippen LogP contribution in [0.2, 0.25) is 0 Å². The molecule has 0 saturated carbocycles. The lowest BCUT2D eigenvalue weighted by molar-refractivity contribution is 0.596. The summed E-state index contributed by atoms with van der Waals surface area (Å²) >= 11 is 1.11. The topological polar surface area (TPSA) is 71.8 Å². The van der Waals surface area contributed by atoms with Crippen LogP contribution >= 0.6 is 11.8 Å². The average Bonchev–Trinajstić information content (AvgIpc) is 2.32. The first-order valence-corrected chi connectivity index (χ1v) is 6.65. The first-order valence-electron chi connectivity index (χ1n) is 5.83. The molecule has 0 aliphatic carbocycles. The number of aromatic amines is 1. The molecule has 1 aromatic heterocycles. The standard InChI is InChI=1S/C13H14FN3OS/c1-8-7-11(18)17-13(16-8)19-12-9(5-6-15)3-2-4-10(12)14/h2-4,7H,5-6,15H2,1H3,(H,16,17,18). The second-order valence-electron chi connectivity index (χ2n) is 4.06. The van der Waals surface area contributed by atoms with E-state index in [9.17, 15) is 9.18 Å². The van der Waals surface area contributed by atoms with Gasteiger partial charge in [-0.1, -0.05) is 12.1 Å². The van der Waals surface area contributed by atoms with Gasteiger partial charge in [-0.15, -0.1) is 0 Å². The van der Waals surface area contributed by atoms with E-state index in [1.165, 1.54) is 12.1 Å². The summed E-state index contributed by atoms with van der Waals surface area (Å²) in [5, 5.41) is 0.383. The quantitative estimate of drug-likeness (QED) is 0.838. The summed E-state index contributed by atoms with van der Waals surface area (Å²) in [6, 6.07) is 6.26. The molecule has 19 heavy (non-hydrogen) atoms. The maximum absolute atomic E-state index is 13.9. The predicted molar refractivity (Wildman–Crippen MR) is 72.9 cm³/mol. The second-order valence-corrected chi connectivity index (χ2v) is 5.06. The lowest BCUT2D eigenvalue weighted by Crippen LogP contribution is -2.09. The summed E-state index contributed by atoms with van der Waals surface area (Å²) in [5.41, 5.74) is 6.69. The number of aromatic nitrogens is 2. The van der Waals surface area contributed by atoms with Crippen LogP contribution in [0, 0.1) is 12.7 Å². The average molecular weight is 279 g/mol. The Morgan fingerprint density at radius 1 is 1.47 bits per heavy atom. The fourth-order valence-corrected chi connectivity index (χ4v) is 2.72. The zero-order chi connectivity index (χ0) is 13.8. The largest absolute Gasteiger partial charge is 0.330 e. The molecule has 2 rings (SSSR count). The van der Waals surface area contributed by atoms with Crippen molar-refractivity contribution < 1.29 is 4.39 Å². The molecule has 0 unspecified atom stereocenters. The van der Waals surface area contributed by atoms with Crippen LogP contribution in [-0.4, -0.2) is 16.5 Å². The number of hydrogen-bond donors (Lipinski definition) is 2. The van der Waals surface area contributed by atoms with Gasteiger partial charge in [-0.25, -0.2) is 9.37 Å². The van der Waals surface area contributed by atoms with Crippen molar-refractivity contribution in [2.45, 2.75) is 23.4 Å².